The van der Waals surface area contributed by atoms with E-state index < -0.39 is 10.0 Å². The third-order valence-electron chi connectivity index (χ3n) is 3.51. The van der Waals surface area contributed by atoms with Gasteiger partial charge >= 0.3 is 0 Å². The second kappa shape index (κ2) is 6.16. The number of halogens is 1. The van der Waals surface area contributed by atoms with Crippen LogP contribution in [-0.2, 0) is 16.4 Å². The molecular formula is C15H15BrN2O2S2. The molecule has 0 fully saturated rings. The molecule has 0 saturated heterocycles. The van der Waals surface area contributed by atoms with Crippen LogP contribution >= 0.6 is 27.3 Å². The van der Waals surface area contributed by atoms with E-state index in [4.69, 9.17) is 0 Å². The van der Waals surface area contributed by atoms with Crippen molar-refractivity contribution in [2.24, 2.45) is 0 Å². The van der Waals surface area contributed by atoms with Crippen molar-refractivity contribution in [3.8, 4) is 0 Å². The van der Waals surface area contributed by atoms with Gasteiger partial charge in [-0.05, 0) is 53.0 Å². The topological polar surface area (TPSA) is 62.0 Å². The lowest BCUT2D eigenvalue weighted by Crippen LogP contribution is -2.25. The third-order valence-corrected chi connectivity index (χ3v) is 7.08. The van der Waals surface area contributed by atoms with E-state index in [1.165, 1.54) is 11.3 Å². The van der Waals surface area contributed by atoms with Gasteiger partial charge in [-0.3, -0.25) is 0 Å². The Morgan fingerprint density at radius 1 is 1.23 bits per heavy atom. The number of fused-ring (bicyclic) bond motifs is 1. The number of sulfonamides is 1. The number of aromatic nitrogens is 1. The van der Waals surface area contributed by atoms with Gasteiger partial charge in [0.15, 0.2) is 0 Å². The number of aryl methyl sites for hydroxylation is 1. The standard InChI is InChI=1S/C15H15BrN2O2S2/c1-10-11(12-4-2-3-5-13(12)18-10)8-9-17-22(19,20)15-7-6-14(16)21-15/h2-7,17-18H,8-9H2,1H3. The van der Waals surface area contributed by atoms with Crippen molar-refractivity contribution in [2.75, 3.05) is 6.54 Å². The van der Waals surface area contributed by atoms with Crippen LogP contribution in [0.5, 0.6) is 0 Å². The summed E-state index contributed by atoms with van der Waals surface area (Å²) >= 11 is 4.49. The minimum Gasteiger partial charge on any atom is -0.358 e. The lowest BCUT2D eigenvalue weighted by Gasteiger charge is -2.05. The van der Waals surface area contributed by atoms with Crippen LogP contribution in [0.3, 0.4) is 0 Å². The largest absolute Gasteiger partial charge is 0.358 e. The van der Waals surface area contributed by atoms with Crippen molar-refractivity contribution < 1.29 is 8.42 Å². The molecule has 0 aliphatic rings. The van der Waals surface area contributed by atoms with Crippen molar-refractivity contribution in [3.05, 3.63) is 51.4 Å². The molecule has 0 aliphatic carbocycles. The molecule has 4 nitrogen and oxygen atoms in total. The normalized spacial score (nSPS) is 12.1. The van der Waals surface area contributed by atoms with E-state index in [1.807, 2.05) is 25.1 Å². The molecule has 0 amide bonds. The molecule has 0 aliphatic heterocycles. The Kier molecular flexibility index (Phi) is 4.40. The molecule has 3 aromatic rings. The van der Waals surface area contributed by atoms with Crippen molar-refractivity contribution in [1.29, 1.82) is 0 Å². The van der Waals surface area contributed by atoms with Crippen molar-refractivity contribution in [2.45, 2.75) is 17.6 Å². The number of aromatic amines is 1. The monoisotopic (exact) mass is 398 g/mol. The Morgan fingerprint density at radius 3 is 2.73 bits per heavy atom. The molecule has 2 N–H and O–H groups in total. The minimum atomic E-state index is -3.43. The maximum Gasteiger partial charge on any atom is 0.250 e. The molecule has 0 radical (unpaired) electrons. The summed E-state index contributed by atoms with van der Waals surface area (Å²) in [6, 6.07) is 11.4. The second-order valence-electron chi connectivity index (χ2n) is 4.98. The highest BCUT2D eigenvalue weighted by molar-refractivity contribution is 9.11. The molecule has 0 bridgehead atoms. The Balaban J connectivity index is 1.74. The summed E-state index contributed by atoms with van der Waals surface area (Å²) in [5, 5.41) is 1.15. The molecule has 0 unspecified atom stereocenters. The number of nitrogens with one attached hydrogen (secondary N) is 2. The van der Waals surface area contributed by atoms with Gasteiger partial charge in [0, 0.05) is 23.1 Å². The van der Waals surface area contributed by atoms with E-state index in [0.29, 0.717) is 17.2 Å². The molecule has 0 atom stereocenters. The van der Waals surface area contributed by atoms with Gasteiger partial charge < -0.3 is 4.98 Å². The summed E-state index contributed by atoms with van der Waals surface area (Å²) in [4.78, 5) is 3.33. The lowest BCUT2D eigenvalue weighted by molar-refractivity contribution is 0.584. The molecule has 0 spiro atoms. The summed E-state index contributed by atoms with van der Waals surface area (Å²) in [7, 11) is -3.43. The van der Waals surface area contributed by atoms with Gasteiger partial charge in [0.1, 0.15) is 4.21 Å². The van der Waals surface area contributed by atoms with Crippen LogP contribution in [0.25, 0.3) is 10.9 Å². The number of thiophene rings is 1. The van der Waals surface area contributed by atoms with Crippen LogP contribution in [0.15, 0.2) is 44.4 Å². The predicted molar refractivity (Wildman–Crippen MR) is 93.9 cm³/mol. The van der Waals surface area contributed by atoms with Gasteiger partial charge in [-0.15, -0.1) is 11.3 Å². The highest BCUT2D eigenvalue weighted by Crippen LogP contribution is 2.26. The Labute approximate surface area is 141 Å². The van der Waals surface area contributed by atoms with E-state index in [9.17, 15) is 8.42 Å². The molecular weight excluding hydrogens is 384 g/mol. The molecule has 22 heavy (non-hydrogen) atoms. The fourth-order valence-electron chi connectivity index (χ4n) is 2.48. The SMILES string of the molecule is Cc1[nH]c2ccccc2c1CCNS(=O)(=O)c1ccc(Br)s1. The maximum absolute atomic E-state index is 12.2. The second-order valence-corrected chi connectivity index (χ2v) is 9.44. The number of H-pyrrole nitrogens is 1. The van der Waals surface area contributed by atoms with Crippen LogP contribution in [0.4, 0.5) is 0 Å². The first-order valence-corrected chi connectivity index (χ1v) is 9.88. The Morgan fingerprint density at radius 2 is 2.00 bits per heavy atom. The number of rotatable bonds is 5. The number of hydrogen-bond acceptors (Lipinski definition) is 3. The molecule has 1 aromatic carbocycles. The first-order valence-electron chi connectivity index (χ1n) is 6.78. The first-order chi connectivity index (χ1) is 10.5. The molecule has 3 rings (SSSR count). The van der Waals surface area contributed by atoms with Gasteiger partial charge in [0.05, 0.1) is 3.79 Å². The number of para-hydroxylation sites is 1. The summed E-state index contributed by atoms with van der Waals surface area (Å²) < 4.78 is 28.2. The van der Waals surface area contributed by atoms with Gasteiger partial charge in [-0.2, -0.15) is 0 Å². The van der Waals surface area contributed by atoms with E-state index in [0.717, 1.165) is 25.9 Å². The minimum absolute atomic E-state index is 0.329. The predicted octanol–water partition coefficient (Wildman–Crippen LogP) is 3.82. The van der Waals surface area contributed by atoms with Gasteiger partial charge in [0.25, 0.3) is 0 Å². The van der Waals surface area contributed by atoms with Crippen molar-refractivity contribution in [3.63, 3.8) is 0 Å². The van der Waals surface area contributed by atoms with Crippen LogP contribution in [0, 0.1) is 6.92 Å². The highest BCUT2D eigenvalue weighted by Gasteiger charge is 2.16. The van der Waals surface area contributed by atoms with Crippen LogP contribution in [-0.4, -0.2) is 19.9 Å². The van der Waals surface area contributed by atoms with Gasteiger partial charge in [0.2, 0.25) is 10.0 Å². The average molecular weight is 399 g/mol. The summed E-state index contributed by atoms with van der Waals surface area (Å²) in [6.07, 6.45) is 0.654. The van der Waals surface area contributed by atoms with Crippen molar-refractivity contribution >= 4 is 48.2 Å². The summed E-state index contributed by atoms with van der Waals surface area (Å²) in [6.45, 7) is 2.39. The molecule has 2 heterocycles. The number of hydrogen-bond donors (Lipinski definition) is 2. The van der Waals surface area contributed by atoms with Crippen LogP contribution < -0.4 is 4.72 Å². The summed E-state index contributed by atoms with van der Waals surface area (Å²) in [5.74, 6) is 0. The molecule has 116 valence electrons. The quantitative estimate of drug-likeness (QED) is 0.685. The molecule has 7 heteroatoms. The zero-order valence-electron chi connectivity index (χ0n) is 11.9. The van der Waals surface area contributed by atoms with Gasteiger partial charge in [-0.1, -0.05) is 18.2 Å². The van der Waals surface area contributed by atoms with Gasteiger partial charge in [-0.25, -0.2) is 13.1 Å². The van der Waals surface area contributed by atoms with E-state index >= 15 is 0 Å². The fraction of sp³-hybridized carbons (Fsp3) is 0.200. The molecule has 0 saturated carbocycles. The van der Waals surface area contributed by atoms with E-state index in [1.54, 1.807) is 12.1 Å². The number of benzene rings is 1. The summed E-state index contributed by atoms with van der Waals surface area (Å²) in [5.41, 5.74) is 3.32. The highest BCUT2D eigenvalue weighted by atomic mass is 79.9. The molecule has 2 aromatic heterocycles. The van der Waals surface area contributed by atoms with Crippen LogP contribution in [0.2, 0.25) is 0 Å². The third kappa shape index (κ3) is 3.12. The first kappa shape index (κ1) is 15.7. The van der Waals surface area contributed by atoms with E-state index in [-0.39, 0.29) is 0 Å². The van der Waals surface area contributed by atoms with Crippen molar-refractivity contribution in [1.82, 2.24) is 9.71 Å². The Bertz CT molecular complexity index is 913. The zero-order chi connectivity index (χ0) is 15.7. The Hall–Kier alpha value is -1.15. The average Bonchev–Trinajstić information content (AvgIpc) is 3.04. The maximum atomic E-state index is 12.2. The van der Waals surface area contributed by atoms with Crippen LogP contribution in [0.1, 0.15) is 11.3 Å². The smallest absolute Gasteiger partial charge is 0.250 e. The van der Waals surface area contributed by atoms with E-state index in [2.05, 4.69) is 31.7 Å². The lowest BCUT2D eigenvalue weighted by atomic mass is 10.1. The zero-order valence-corrected chi connectivity index (χ0v) is 15.1. The fourth-order valence-corrected chi connectivity index (χ4v) is 5.57.